The lowest BCUT2D eigenvalue weighted by molar-refractivity contribution is -0.110. The topological polar surface area (TPSA) is 62.7 Å². The van der Waals surface area contributed by atoms with Crippen LogP contribution in [0, 0.1) is 0 Å². The second kappa shape index (κ2) is 5.79. The lowest BCUT2D eigenvalue weighted by Gasteiger charge is -2.06. The van der Waals surface area contributed by atoms with Gasteiger partial charge in [0.2, 0.25) is 0 Å². The van der Waals surface area contributed by atoms with Crippen LogP contribution in [0.25, 0.3) is 5.57 Å². The summed E-state index contributed by atoms with van der Waals surface area (Å²) in [6, 6.07) is 13.5. The van der Waals surface area contributed by atoms with Crippen LogP contribution in [-0.2, 0) is 9.63 Å². The first-order valence-corrected chi connectivity index (χ1v) is 8.40. The van der Waals surface area contributed by atoms with Crippen molar-refractivity contribution < 1.29 is 9.63 Å². The zero-order valence-corrected chi connectivity index (χ0v) is 14.5. The van der Waals surface area contributed by atoms with Crippen LogP contribution in [0.2, 0.25) is 0 Å². The average Bonchev–Trinajstić information content (AvgIpc) is 3.09. The maximum Gasteiger partial charge on any atom is 0.258 e. The van der Waals surface area contributed by atoms with Crippen LogP contribution in [0.5, 0.6) is 0 Å². The standard InChI is InChI=1S/C18H14BrN3O2/c1-2-24-22-16-11-5-3-4-6-13(11)20-17(16)15-12-9-10(19)7-8-14(12)21-18(15)23/h3-9,20H,2H2,1H3,(H,21,23)/b17-15-,22-16+. The number of carbonyl (C=O) groups is 1. The Kier molecular flexibility index (Phi) is 3.61. The van der Waals surface area contributed by atoms with Crippen LogP contribution in [0.3, 0.4) is 0 Å². The van der Waals surface area contributed by atoms with Gasteiger partial charge in [0, 0.05) is 27.0 Å². The highest BCUT2D eigenvalue weighted by molar-refractivity contribution is 9.10. The Bertz CT molecular complexity index is 918. The summed E-state index contributed by atoms with van der Waals surface area (Å²) in [5, 5.41) is 10.5. The number of amides is 1. The Morgan fingerprint density at radius 1 is 1.08 bits per heavy atom. The van der Waals surface area contributed by atoms with E-state index in [-0.39, 0.29) is 5.91 Å². The molecule has 0 saturated heterocycles. The summed E-state index contributed by atoms with van der Waals surface area (Å²) in [6.45, 7) is 2.34. The van der Waals surface area contributed by atoms with E-state index in [1.165, 1.54) is 0 Å². The van der Waals surface area contributed by atoms with E-state index in [0.29, 0.717) is 23.6 Å². The fourth-order valence-electron chi connectivity index (χ4n) is 2.92. The summed E-state index contributed by atoms with van der Waals surface area (Å²) in [6.07, 6.45) is 0. The first-order valence-electron chi connectivity index (χ1n) is 7.61. The van der Waals surface area contributed by atoms with E-state index < -0.39 is 0 Å². The molecule has 0 unspecified atom stereocenters. The highest BCUT2D eigenvalue weighted by Crippen LogP contribution is 2.40. The van der Waals surface area contributed by atoms with Gasteiger partial charge in [-0.25, -0.2) is 0 Å². The van der Waals surface area contributed by atoms with Gasteiger partial charge in [-0.15, -0.1) is 0 Å². The lowest BCUT2D eigenvalue weighted by atomic mass is 10.0. The molecule has 6 heteroatoms. The molecule has 1 amide bonds. The molecule has 2 aromatic carbocycles. The van der Waals surface area contributed by atoms with E-state index >= 15 is 0 Å². The van der Waals surface area contributed by atoms with E-state index in [1.807, 2.05) is 49.4 Å². The molecule has 0 atom stereocenters. The second-order valence-corrected chi connectivity index (χ2v) is 6.34. The number of anilines is 2. The number of nitrogens with zero attached hydrogens (tertiary/aromatic N) is 1. The molecule has 2 heterocycles. The molecule has 24 heavy (non-hydrogen) atoms. The van der Waals surface area contributed by atoms with Crippen molar-refractivity contribution in [2.24, 2.45) is 5.16 Å². The fraction of sp³-hybridized carbons (Fsp3) is 0.111. The quantitative estimate of drug-likeness (QED) is 0.608. The van der Waals surface area contributed by atoms with Gasteiger partial charge in [-0.2, -0.15) is 0 Å². The van der Waals surface area contributed by atoms with Gasteiger partial charge >= 0.3 is 0 Å². The van der Waals surface area contributed by atoms with Crippen molar-refractivity contribution in [3.8, 4) is 0 Å². The number of fused-ring (bicyclic) bond motifs is 2. The predicted molar refractivity (Wildman–Crippen MR) is 97.9 cm³/mol. The number of benzene rings is 2. The molecular formula is C18H14BrN3O2. The molecule has 0 aromatic heterocycles. The van der Waals surface area contributed by atoms with Crippen molar-refractivity contribution in [3.63, 3.8) is 0 Å². The number of allylic oxidation sites excluding steroid dienone is 1. The van der Waals surface area contributed by atoms with Crippen molar-refractivity contribution in [3.05, 3.63) is 63.8 Å². The van der Waals surface area contributed by atoms with Crippen LogP contribution in [0.1, 0.15) is 18.1 Å². The minimum absolute atomic E-state index is 0.150. The van der Waals surface area contributed by atoms with Crippen LogP contribution in [0.15, 0.2) is 57.8 Å². The lowest BCUT2D eigenvalue weighted by Crippen LogP contribution is -2.12. The first-order chi connectivity index (χ1) is 11.7. The number of hydrogen-bond acceptors (Lipinski definition) is 4. The number of carbonyl (C=O) groups excluding carboxylic acids is 1. The molecular weight excluding hydrogens is 370 g/mol. The summed E-state index contributed by atoms with van der Waals surface area (Å²) in [7, 11) is 0. The van der Waals surface area contributed by atoms with Gasteiger partial charge in [0.15, 0.2) is 0 Å². The Hall–Kier alpha value is -2.60. The minimum atomic E-state index is -0.150. The van der Waals surface area contributed by atoms with Crippen LogP contribution in [0.4, 0.5) is 11.4 Å². The van der Waals surface area contributed by atoms with Gasteiger partial charge in [-0.05, 0) is 31.2 Å². The third kappa shape index (κ3) is 2.30. The van der Waals surface area contributed by atoms with Gasteiger partial charge in [-0.3, -0.25) is 4.79 Å². The monoisotopic (exact) mass is 383 g/mol. The van der Waals surface area contributed by atoms with Crippen LogP contribution >= 0.6 is 15.9 Å². The highest BCUT2D eigenvalue weighted by atomic mass is 79.9. The first kappa shape index (κ1) is 15.0. The summed E-state index contributed by atoms with van der Waals surface area (Å²) >= 11 is 3.47. The molecule has 2 aliphatic heterocycles. The van der Waals surface area contributed by atoms with Crippen molar-refractivity contribution in [1.82, 2.24) is 0 Å². The Labute approximate surface area is 147 Å². The molecule has 2 N–H and O–H groups in total. The molecule has 0 fully saturated rings. The normalized spacial score (nSPS) is 19.8. The number of hydrogen-bond donors (Lipinski definition) is 2. The molecule has 120 valence electrons. The van der Waals surface area contributed by atoms with Gasteiger partial charge in [0.25, 0.3) is 5.91 Å². The number of halogens is 1. The molecule has 4 rings (SSSR count). The number of oxime groups is 1. The van der Waals surface area contributed by atoms with Gasteiger partial charge in [0.05, 0.1) is 11.3 Å². The van der Waals surface area contributed by atoms with Gasteiger partial charge in [-0.1, -0.05) is 39.3 Å². The average molecular weight is 384 g/mol. The zero-order valence-electron chi connectivity index (χ0n) is 12.9. The Morgan fingerprint density at radius 2 is 1.88 bits per heavy atom. The maximum absolute atomic E-state index is 12.6. The predicted octanol–water partition coefficient (Wildman–Crippen LogP) is 3.98. The Balaban J connectivity index is 1.94. The zero-order chi connectivity index (χ0) is 16.7. The van der Waals surface area contributed by atoms with E-state index in [4.69, 9.17) is 4.84 Å². The summed E-state index contributed by atoms with van der Waals surface area (Å²) in [5.74, 6) is -0.150. The Morgan fingerprint density at radius 3 is 2.71 bits per heavy atom. The third-order valence-corrected chi connectivity index (χ3v) is 4.43. The number of para-hydroxylation sites is 1. The third-order valence-electron chi connectivity index (χ3n) is 3.94. The molecule has 5 nitrogen and oxygen atoms in total. The molecule has 0 aliphatic carbocycles. The molecule has 2 aromatic rings. The molecule has 0 saturated carbocycles. The van der Waals surface area contributed by atoms with Gasteiger partial charge in [0.1, 0.15) is 12.3 Å². The van der Waals surface area contributed by atoms with Crippen LogP contribution < -0.4 is 10.6 Å². The highest BCUT2D eigenvalue weighted by Gasteiger charge is 2.34. The number of rotatable bonds is 2. The van der Waals surface area contributed by atoms with E-state index in [2.05, 4.69) is 31.7 Å². The van der Waals surface area contributed by atoms with E-state index in [0.717, 1.165) is 27.0 Å². The SMILES string of the molecule is CCO/N=C1/C(=C2/C(=O)Nc3ccc(Br)cc32)Nc2ccccc21. The maximum atomic E-state index is 12.6. The van der Waals surface area contributed by atoms with Crippen LogP contribution in [-0.4, -0.2) is 18.2 Å². The summed E-state index contributed by atoms with van der Waals surface area (Å²) in [5.41, 5.74) is 5.35. The largest absolute Gasteiger partial charge is 0.396 e. The number of nitrogens with one attached hydrogen (secondary N) is 2. The fourth-order valence-corrected chi connectivity index (χ4v) is 3.28. The molecule has 0 spiro atoms. The van der Waals surface area contributed by atoms with Crippen molar-refractivity contribution >= 4 is 44.5 Å². The van der Waals surface area contributed by atoms with Crippen molar-refractivity contribution in [1.29, 1.82) is 0 Å². The smallest absolute Gasteiger partial charge is 0.258 e. The van der Waals surface area contributed by atoms with Crippen molar-refractivity contribution in [2.45, 2.75) is 6.92 Å². The van der Waals surface area contributed by atoms with Gasteiger partial charge < -0.3 is 15.5 Å². The van der Waals surface area contributed by atoms with Crippen molar-refractivity contribution in [2.75, 3.05) is 17.2 Å². The van der Waals surface area contributed by atoms with E-state index in [9.17, 15) is 4.79 Å². The molecule has 2 aliphatic rings. The summed E-state index contributed by atoms with van der Waals surface area (Å²) < 4.78 is 0.912. The minimum Gasteiger partial charge on any atom is -0.396 e. The molecule has 0 bridgehead atoms. The second-order valence-electron chi connectivity index (χ2n) is 5.42. The molecule has 0 radical (unpaired) electrons. The summed E-state index contributed by atoms with van der Waals surface area (Å²) in [4.78, 5) is 17.9. The van der Waals surface area contributed by atoms with E-state index in [1.54, 1.807) is 0 Å².